The van der Waals surface area contributed by atoms with Crippen LogP contribution < -0.4 is 25.4 Å². The first-order chi connectivity index (χ1) is 21.9. The summed E-state index contributed by atoms with van der Waals surface area (Å²) < 4.78 is 85.1. The lowest BCUT2D eigenvalue weighted by Gasteiger charge is -2.43. The molecule has 7 heterocycles. The Balaban J connectivity index is 1.42. The van der Waals surface area contributed by atoms with E-state index in [4.69, 9.17) is 20.2 Å². The topological polar surface area (TPSA) is 115 Å². The largest absolute Gasteiger partial charge is 0.472 e. The van der Waals surface area contributed by atoms with Crippen molar-refractivity contribution in [1.82, 2.24) is 30.2 Å². The Morgan fingerprint density at radius 3 is 2.76 bits per heavy atom. The number of nitrogens with one attached hydrogen (secondary N) is 1. The highest BCUT2D eigenvalue weighted by atomic mass is 19.4. The molecule has 4 aliphatic rings. The minimum absolute atomic E-state index is 0.00343. The molecule has 0 bridgehead atoms. The van der Waals surface area contributed by atoms with Crippen molar-refractivity contribution in [2.24, 2.45) is 0 Å². The molecule has 3 saturated heterocycles. The normalized spacial score (nSPS) is 27.8. The average molecular weight is 649 g/mol. The van der Waals surface area contributed by atoms with Gasteiger partial charge in [0.25, 0.3) is 0 Å². The summed E-state index contributed by atoms with van der Waals surface area (Å²) in [5.74, 6) is -0.654. The lowest BCUT2D eigenvalue weighted by Crippen LogP contribution is -2.62. The number of nitrogen functional groups attached to an aromatic ring is 1. The molecule has 248 valence electrons. The van der Waals surface area contributed by atoms with Gasteiger partial charge in [0.15, 0.2) is 5.82 Å². The van der Waals surface area contributed by atoms with Crippen molar-refractivity contribution in [3.8, 4) is 23.1 Å². The van der Waals surface area contributed by atoms with Gasteiger partial charge in [-0.05, 0) is 51.3 Å². The Morgan fingerprint density at radius 1 is 1.20 bits per heavy atom. The van der Waals surface area contributed by atoms with Crippen LogP contribution in [0.4, 0.5) is 33.6 Å². The van der Waals surface area contributed by atoms with Gasteiger partial charge in [-0.2, -0.15) is 23.1 Å². The molecule has 0 radical (unpaired) electrons. The molecule has 0 spiro atoms. The first kappa shape index (κ1) is 31.0. The minimum Gasteiger partial charge on any atom is -0.472 e. The summed E-state index contributed by atoms with van der Waals surface area (Å²) in [5, 5.41) is 3.73. The Labute approximate surface area is 262 Å². The summed E-state index contributed by atoms with van der Waals surface area (Å²) in [5.41, 5.74) is 4.51. The maximum absolute atomic E-state index is 16.8. The molecule has 0 saturated carbocycles. The van der Waals surface area contributed by atoms with Crippen LogP contribution in [0.15, 0.2) is 6.07 Å². The van der Waals surface area contributed by atoms with Crippen molar-refractivity contribution in [3.63, 3.8) is 0 Å². The van der Waals surface area contributed by atoms with Gasteiger partial charge in [0, 0.05) is 43.4 Å². The van der Waals surface area contributed by atoms with Crippen LogP contribution in [-0.2, 0) is 6.42 Å². The van der Waals surface area contributed by atoms with Crippen LogP contribution >= 0.6 is 0 Å². The Hall–Kier alpha value is -3.59. The van der Waals surface area contributed by atoms with Crippen LogP contribution in [0, 0.1) is 12.7 Å². The molecule has 3 N–H and O–H groups in total. The molecular weight excluding hydrogens is 611 g/mol. The molecule has 3 aromatic rings. The first-order valence-corrected chi connectivity index (χ1v) is 15.8. The van der Waals surface area contributed by atoms with Gasteiger partial charge in [0.1, 0.15) is 47.1 Å². The molecule has 0 aliphatic carbocycles. The van der Waals surface area contributed by atoms with Gasteiger partial charge < -0.3 is 25.4 Å². The van der Waals surface area contributed by atoms with E-state index in [-0.39, 0.29) is 69.8 Å². The van der Waals surface area contributed by atoms with Gasteiger partial charge in [0.05, 0.1) is 18.0 Å². The highest BCUT2D eigenvalue weighted by molar-refractivity contribution is 5.97. The zero-order valence-electron chi connectivity index (χ0n) is 25.9. The lowest BCUT2D eigenvalue weighted by atomic mass is 9.95. The summed E-state index contributed by atoms with van der Waals surface area (Å²) in [6, 6.07) is 0.868. The maximum atomic E-state index is 16.8. The Morgan fingerprint density at radius 2 is 2.00 bits per heavy atom. The molecule has 0 unspecified atom stereocenters. The number of hydrogen-bond acceptors (Lipinski definition) is 10. The second kappa shape index (κ2) is 11.3. The fourth-order valence-electron chi connectivity index (χ4n) is 7.96. The van der Waals surface area contributed by atoms with Crippen LogP contribution in [0.2, 0.25) is 0 Å². The van der Waals surface area contributed by atoms with Gasteiger partial charge in [-0.3, -0.25) is 4.90 Å². The SMILES string of the molecule is CC[C@@H]1NCCN2c3nc(OC[C@@]45CCCN4C[C@H](F)C5)nc4c(F)c(-c5cc(N)nc(C)c5CC(F)(F)F)nc(c34)O[C@@H](C)[C@H]12. The fourth-order valence-corrected chi connectivity index (χ4v) is 7.96. The van der Waals surface area contributed by atoms with Crippen molar-refractivity contribution in [2.45, 2.75) is 88.9 Å². The van der Waals surface area contributed by atoms with Crippen LogP contribution in [0.25, 0.3) is 22.2 Å². The number of ether oxygens (including phenoxy) is 2. The highest BCUT2D eigenvalue weighted by Gasteiger charge is 2.50. The van der Waals surface area contributed by atoms with Crippen LogP contribution in [0.3, 0.4) is 0 Å². The quantitative estimate of drug-likeness (QED) is 0.370. The smallest absolute Gasteiger partial charge is 0.393 e. The lowest BCUT2D eigenvalue weighted by molar-refractivity contribution is -0.127. The second-order valence-electron chi connectivity index (χ2n) is 12.9. The number of aryl methyl sites for hydroxylation is 1. The molecule has 0 aromatic carbocycles. The van der Waals surface area contributed by atoms with Gasteiger partial charge in [0.2, 0.25) is 5.88 Å². The molecule has 3 fully saturated rings. The van der Waals surface area contributed by atoms with Crippen LogP contribution in [-0.4, -0.2) is 93.7 Å². The van der Waals surface area contributed by atoms with Crippen LogP contribution in [0.5, 0.6) is 11.9 Å². The van der Waals surface area contributed by atoms with E-state index in [1.165, 1.54) is 13.0 Å². The van der Waals surface area contributed by atoms with Crippen molar-refractivity contribution in [2.75, 3.05) is 43.4 Å². The van der Waals surface area contributed by atoms with Gasteiger partial charge >= 0.3 is 12.2 Å². The standard InChI is InChI=1S/C31H37F5N8O2/c1-4-20-26-16(3)46-28-22-25(23(33)24(40-28)18-10-21(37)39-15(2)19(18)12-31(34,35)36)41-29(42-27(22)44(26)9-7-38-20)45-14-30-6-5-8-43(30)13-17(32)11-30/h10,16-17,20,26,38H,4-9,11-14H2,1-3H3,(H2,37,39)/t16-,17+,20-,26+,30-/m0/s1. The average Bonchev–Trinajstić information content (AvgIpc) is 3.49. The molecule has 10 nitrogen and oxygen atoms in total. The second-order valence-corrected chi connectivity index (χ2v) is 12.9. The van der Waals surface area contributed by atoms with E-state index in [2.05, 4.69) is 37.0 Å². The van der Waals surface area contributed by atoms with E-state index in [0.29, 0.717) is 31.9 Å². The number of anilines is 2. The number of pyridine rings is 2. The van der Waals surface area contributed by atoms with Gasteiger partial charge in [-0.25, -0.2) is 18.7 Å². The molecule has 46 heavy (non-hydrogen) atoms. The Bertz CT molecular complexity index is 1670. The number of fused-ring (bicyclic) bond motifs is 3. The third kappa shape index (κ3) is 5.24. The van der Waals surface area contributed by atoms with Gasteiger partial charge in [-0.1, -0.05) is 6.92 Å². The van der Waals surface area contributed by atoms with E-state index >= 15 is 4.39 Å². The van der Waals surface area contributed by atoms with E-state index < -0.39 is 36.2 Å². The van der Waals surface area contributed by atoms with E-state index in [9.17, 15) is 17.6 Å². The zero-order chi connectivity index (χ0) is 32.5. The number of hydrogen-bond donors (Lipinski definition) is 2. The molecule has 0 amide bonds. The summed E-state index contributed by atoms with van der Waals surface area (Å²) in [7, 11) is 0. The first-order valence-electron chi connectivity index (χ1n) is 15.8. The summed E-state index contributed by atoms with van der Waals surface area (Å²) in [6.45, 7) is 7.72. The van der Waals surface area contributed by atoms with Crippen molar-refractivity contribution >= 4 is 22.5 Å². The van der Waals surface area contributed by atoms with Crippen molar-refractivity contribution in [3.05, 3.63) is 23.1 Å². The number of piperazine rings is 1. The zero-order valence-corrected chi connectivity index (χ0v) is 25.9. The summed E-state index contributed by atoms with van der Waals surface area (Å²) in [6.07, 6.45) is -4.61. The number of alkyl halides is 4. The van der Waals surface area contributed by atoms with E-state index in [1.807, 2.05) is 6.92 Å². The minimum atomic E-state index is -4.60. The van der Waals surface area contributed by atoms with Gasteiger partial charge in [-0.15, -0.1) is 0 Å². The number of rotatable bonds is 6. The number of nitrogens with zero attached hydrogens (tertiary/aromatic N) is 6. The Kier molecular flexibility index (Phi) is 7.61. The molecular formula is C31H37F5N8O2. The summed E-state index contributed by atoms with van der Waals surface area (Å²) in [4.78, 5) is 22.0. The van der Waals surface area contributed by atoms with Crippen molar-refractivity contribution < 1.29 is 31.4 Å². The van der Waals surface area contributed by atoms with E-state index in [0.717, 1.165) is 25.8 Å². The molecule has 5 atom stereocenters. The maximum Gasteiger partial charge on any atom is 0.393 e. The third-order valence-corrected chi connectivity index (χ3v) is 9.95. The number of halogens is 5. The molecule has 3 aromatic heterocycles. The van der Waals surface area contributed by atoms with Crippen LogP contribution in [0.1, 0.15) is 50.8 Å². The van der Waals surface area contributed by atoms with Crippen molar-refractivity contribution in [1.29, 1.82) is 0 Å². The molecule has 4 aliphatic heterocycles. The predicted octanol–water partition coefficient (Wildman–Crippen LogP) is 4.51. The fraction of sp³-hybridized carbons (Fsp3) is 0.613. The molecule has 15 heteroatoms. The number of aromatic nitrogens is 4. The predicted molar refractivity (Wildman–Crippen MR) is 161 cm³/mol. The van der Waals surface area contributed by atoms with E-state index in [1.54, 1.807) is 0 Å². The highest BCUT2D eigenvalue weighted by Crippen LogP contribution is 2.45. The summed E-state index contributed by atoms with van der Waals surface area (Å²) >= 11 is 0. The third-order valence-electron chi connectivity index (χ3n) is 9.95. The number of nitrogens with two attached hydrogens (primary N) is 1. The monoisotopic (exact) mass is 648 g/mol. The molecule has 7 rings (SSSR count).